The van der Waals surface area contributed by atoms with Crippen molar-refractivity contribution in [1.82, 2.24) is 19.0 Å². The topological polar surface area (TPSA) is 75.5 Å². The van der Waals surface area contributed by atoms with Crippen LogP contribution in [0.2, 0.25) is 0 Å². The molecule has 2 fully saturated rings. The van der Waals surface area contributed by atoms with Crippen LogP contribution < -0.4 is 0 Å². The molecule has 0 unspecified atom stereocenters. The maximum Gasteiger partial charge on any atom is 0.266 e. The number of sulfonamides is 1. The number of amides is 1. The van der Waals surface area contributed by atoms with Gasteiger partial charge in [-0.1, -0.05) is 68.2 Å². The quantitative estimate of drug-likeness (QED) is 0.297. The minimum absolute atomic E-state index is 0.118. The van der Waals surface area contributed by atoms with Crippen LogP contribution in [-0.4, -0.2) is 57.3 Å². The zero-order valence-corrected chi connectivity index (χ0v) is 23.2. The highest BCUT2D eigenvalue weighted by atomic mass is 32.2. The second-order valence-corrected chi connectivity index (χ2v) is 13.2. The molecule has 192 valence electrons. The van der Waals surface area contributed by atoms with E-state index in [1.807, 2.05) is 62.5 Å². The first-order valence-electron chi connectivity index (χ1n) is 12.2. The van der Waals surface area contributed by atoms with E-state index in [1.54, 1.807) is 27.8 Å². The molecule has 1 aromatic heterocycles. The van der Waals surface area contributed by atoms with Crippen molar-refractivity contribution in [1.29, 1.82) is 0 Å². The number of para-hydroxylation sites is 1. The third-order valence-electron chi connectivity index (χ3n) is 6.28. The summed E-state index contributed by atoms with van der Waals surface area (Å²) >= 11 is 6.76. The normalized spacial score (nSPS) is 18.0. The van der Waals surface area contributed by atoms with E-state index in [0.29, 0.717) is 51.6 Å². The van der Waals surface area contributed by atoms with Gasteiger partial charge in [0.25, 0.3) is 5.91 Å². The molecule has 0 radical (unpaired) electrons. The van der Waals surface area contributed by atoms with Crippen molar-refractivity contribution in [3.8, 4) is 16.9 Å². The summed E-state index contributed by atoms with van der Waals surface area (Å²) in [4.78, 5) is 15.6. The number of rotatable bonds is 7. The first-order valence-corrected chi connectivity index (χ1v) is 14.9. The summed E-state index contributed by atoms with van der Waals surface area (Å²) in [7, 11) is -3.58. The van der Waals surface area contributed by atoms with E-state index in [1.165, 1.54) is 16.1 Å². The lowest BCUT2D eigenvalue weighted by Gasteiger charge is -2.16. The summed E-state index contributed by atoms with van der Waals surface area (Å²) in [5.41, 5.74) is 2.83. The molecule has 5 rings (SSSR count). The van der Waals surface area contributed by atoms with Crippen LogP contribution in [0.3, 0.4) is 0 Å². The highest BCUT2D eigenvalue weighted by molar-refractivity contribution is 8.26. The molecule has 0 atom stereocenters. The summed E-state index contributed by atoms with van der Waals surface area (Å²) in [6, 6.07) is 16.6. The Bertz CT molecular complexity index is 1470. The van der Waals surface area contributed by atoms with Crippen LogP contribution in [0.15, 0.2) is 70.6 Å². The van der Waals surface area contributed by atoms with E-state index in [2.05, 4.69) is 0 Å². The summed E-state index contributed by atoms with van der Waals surface area (Å²) in [6.07, 6.45) is 5.42. The van der Waals surface area contributed by atoms with E-state index >= 15 is 0 Å². The molecule has 0 saturated carbocycles. The lowest BCUT2D eigenvalue weighted by molar-refractivity contribution is -0.122. The number of benzene rings is 2. The molecule has 10 heteroatoms. The predicted octanol–water partition coefficient (Wildman–Crippen LogP) is 5.18. The monoisotopic (exact) mass is 552 g/mol. The number of carbonyl (C=O) groups is 1. The average Bonchev–Trinajstić information content (AvgIpc) is 3.63. The Kier molecular flexibility index (Phi) is 7.35. The number of carbonyl (C=O) groups excluding carboxylic acids is 1. The highest BCUT2D eigenvalue weighted by Gasteiger charge is 2.33. The zero-order chi connectivity index (χ0) is 26.2. The Morgan fingerprint density at radius 3 is 2.51 bits per heavy atom. The van der Waals surface area contributed by atoms with E-state index in [0.717, 1.165) is 18.5 Å². The van der Waals surface area contributed by atoms with Crippen LogP contribution in [0.5, 0.6) is 0 Å². The molecule has 3 heterocycles. The zero-order valence-electron chi connectivity index (χ0n) is 20.7. The van der Waals surface area contributed by atoms with Gasteiger partial charge in [0, 0.05) is 37.0 Å². The van der Waals surface area contributed by atoms with Crippen LogP contribution in [0, 0.1) is 5.92 Å². The minimum Gasteiger partial charge on any atom is -0.293 e. The second-order valence-electron chi connectivity index (χ2n) is 9.54. The van der Waals surface area contributed by atoms with Gasteiger partial charge in [0.2, 0.25) is 10.0 Å². The van der Waals surface area contributed by atoms with Crippen molar-refractivity contribution in [2.24, 2.45) is 5.92 Å². The lowest BCUT2D eigenvalue weighted by Crippen LogP contribution is -2.31. The van der Waals surface area contributed by atoms with Gasteiger partial charge in [0.15, 0.2) is 0 Å². The van der Waals surface area contributed by atoms with Gasteiger partial charge in [-0.3, -0.25) is 9.69 Å². The maximum atomic E-state index is 13.2. The number of hydrogen-bond acceptors (Lipinski definition) is 6. The Morgan fingerprint density at radius 2 is 1.81 bits per heavy atom. The van der Waals surface area contributed by atoms with E-state index < -0.39 is 10.0 Å². The number of thiocarbonyl (C=S) groups is 1. The number of hydrogen-bond donors (Lipinski definition) is 0. The molecule has 2 aliphatic heterocycles. The highest BCUT2D eigenvalue weighted by Crippen LogP contribution is 2.36. The fourth-order valence-electron chi connectivity index (χ4n) is 4.48. The smallest absolute Gasteiger partial charge is 0.266 e. The standard InChI is InChI=1S/C27H28N4O3S3/c1-19(2)17-30-26(32)24(36-27(30)35)16-21-18-31(22-10-4-3-5-11-22)28-25(21)20-9-8-12-23(15-20)37(33,34)29-13-6-7-14-29/h3-5,8-12,15-16,18-19H,6-7,13-14,17H2,1-2H3/b24-16-. The molecule has 3 aromatic rings. The Hall–Kier alpha value is -2.79. The largest absolute Gasteiger partial charge is 0.293 e. The Morgan fingerprint density at radius 1 is 1.08 bits per heavy atom. The van der Waals surface area contributed by atoms with Crippen LogP contribution in [0.4, 0.5) is 0 Å². The number of aromatic nitrogens is 2. The molecule has 37 heavy (non-hydrogen) atoms. The maximum absolute atomic E-state index is 13.2. The molecule has 1 amide bonds. The molecule has 0 spiro atoms. The lowest BCUT2D eigenvalue weighted by atomic mass is 10.1. The van der Waals surface area contributed by atoms with Crippen LogP contribution in [-0.2, 0) is 14.8 Å². The van der Waals surface area contributed by atoms with Gasteiger partial charge in [-0.2, -0.15) is 9.40 Å². The van der Waals surface area contributed by atoms with Gasteiger partial charge >= 0.3 is 0 Å². The Labute approximate surface area is 227 Å². The SMILES string of the molecule is CC(C)CN1C(=O)/C(=C/c2cn(-c3ccccc3)nc2-c2cccc(S(=O)(=O)N3CCCC3)c2)SC1=S. The van der Waals surface area contributed by atoms with Gasteiger partial charge in [0.05, 0.1) is 15.5 Å². The van der Waals surface area contributed by atoms with Crippen LogP contribution >= 0.6 is 24.0 Å². The van der Waals surface area contributed by atoms with E-state index in [4.69, 9.17) is 17.3 Å². The summed E-state index contributed by atoms with van der Waals surface area (Å²) in [6.45, 7) is 5.74. The molecular weight excluding hydrogens is 525 g/mol. The fraction of sp³-hybridized carbons (Fsp3) is 0.296. The Balaban J connectivity index is 1.58. The van der Waals surface area contributed by atoms with E-state index in [9.17, 15) is 13.2 Å². The van der Waals surface area contributed by atoms with Gasteiger partial charge in [-0.05, 0) is 49.1 Å². The van der Waals surface area contributed by atoms with Gasteiger partial charge in [-0.25, -0.2) is 13.1 Å². The van der Waals surface area contributed by atoms with Crippen molar-refractivity contribution >= 4 is 50.3 Å². The van der Waals surface area contributed by atoms with E-state index in [-0.39, 0.29) is 10.8 Å². The fourth-order valence-corrected chi connectivity index (χ4v) is 7.30. The van der Waals surface area contributed by atoms with Crippen molar-refractivity contribution in [2.75, 3.05) is 19.6 Å². The van der Waals surface area contributed by atoms with Gasteiger partial charge < -0.3 is 0 Å². The summed E-state index contributed by atoms with van der Waals surface area (Å²) in [5.74, 6) is 0.172. The molecule has 0 aliphatic carbocycles. The summed E-state index contributed by atoms with van der Waals surface area (Å²) in [5, 5.41) is 4.82. The van der Waals surface area contributed by atoms with Crippen LogP contribution in [0.25, 0.3) is 23.0 Å². The predicted molar refractivity (Wildman–Crippen MR) is 152 cm³/mol. The molecule has 0 N–H and O–H groups in total. The van der Waals surface area contributed by atoms with Gasteiger partial charge in [-0.15, -0.1) is 0 Å². The summed E-state index contributed by atoms with van der Waals surface area (Å²) < 4.78 is 30.3. The molecule has 2 aliphatic rings. The third kappa shape index (κ3) is 5.29. The first-order chi connectivity index (χ1) is 17.7. The van der Waals surface area contributed by atoms with Crippen LogP contribution in [0.1, 0.15) is 32.3 Å². The molecule has 0 bridgehead atoms. The third-order valence-corrected chi connectivity index (χ3v) is 9.55. The van der Waals surface area contributed by atoms with Crippen molar-refractivity contribution in [3.05, 3.63) is 71.3 Å². The average molecular weight is 553 g/mol. The molecule has 7 nitrogen and oxygen atoms in total. The molecule has 2 saturated heterocycles. The minimum atomic E-state index is -3.58. The first kappa shape index (κ1) is 25.8. The molecule has 2 aromatic carbocycles. The molecular formula is C27H28N4O3S3. The second kappa shape index (κ2) is 10.5. The van der Waals surface area contributed by atoms with Crippen molar-refractivity contribution < 1.29 is 13.2 Å². The number of nitrogens with zero attached hydrogens (tertiary/aromatic N) is 4. The van der Waals surface area contributed by atoms with Gasteiger partial charge in [0.1, 0.15) is 10.0 Å². The number of thioether (sulfide) groups is 1. The van der Waals surface area contributed by atoms with Crippen molar-refractivity contribution in [2.45, 2.75) is 31.6 Å². The van der Waals surface area contributed by atoms with Crippen molar-refractivity contribution in [3.63, 3.8) is 0 Å².